The van der Waals surface area contributed by atoms with Crippen LogP contribution in [0.5, 0.6) is 0 Å². The van der Waals surface area contributed by atoms with Gasteiger partial charge in [-0.25, -0.2) is 0 Å². The Labute approximate surface area is 160 Å². The molecule has 1 unspecified atom stereocenters. The molecule has 0 spiro atoms. The van der Waals surface area contributed by atoms with Crippen molar-refractivity contribution in [1.82, 2.24) is 4.98 Å². The summed E-state index contributed by atoms with van der Waals surface area (Å²) in [5.74, 6) is -0.640. The zero-order valence-electron chi connectivity index (χ0n) is 13.5. The fourth-order valence-electron chi connectivity index (χ4n) is 2.98. The summed E-state index contributed by atoms with van der Waals surface area (Å²) in [6.45, 7) is 0. The fourth-order valence-corrected chi connectivity index (χ4v) is 3.28. The number of carbonyl (C=O) groups is 1. The number of amides is 1. The summed E-state index contributed by atoms with van der Waals surface area (Å²) < 4.78 is 0. The Morgan fingerprint density at radius 2 is 1.88 bits per heavy atom. The van der Waals surface area contributed by atoms with E-state index in [1.165, 1.54) is 0 Å². The number of para-hydroxylation sites is 1. The molecule has 0 fully saturated rings. The minimum absolute atomic E-state index is 0.117. The number of anilines is 1. The van der Waals surface area contributed by atoms with Crippen LogP contribution in [0, 0.1) is 0 Å². The van der Waals surface area contributed by atoms with Gasteiger partial charge in [-0.05, 0) is 35.9 Å². The smallest absolute Gasteiger partial charge is 0.238 e. The van der Waals surface area contributed by atoms with E-state index >= 15 is 0 Å². The summed E-state index contributed by atoms with van der Waals surface area (Å²) in [5, 5.41) is 3.78. The number of nitrogens with one attached hydrogen (secondary N) is 1. The van der Waals surface area contributed by atoms with Crippen molar-refractivity contribution >= 4 is 46.2 Å². The Bertz CT molecular complexity index is 1020. The van der Waals surface area contributed by atoms with Gasteiger partial charge in [-0.3, -0.25) is 14.8 Å². The number of fused-ring (bicyclic) bond motifs is 1. The van der Waals surface area contributed by atoms with Crippen LogP contribution in [-0.2, 0) is 4.79 Å². The lowest BCUT2D eigenvalue weighted by atomic mass is 9.91. The van der Waals surface area contributed by atoms with E-state index in [1.807, 2.05) is 36.4 Å². The van der Waals surface area contributed by atoms with Crippen molar-refractivity contribution in [2.75, 3.05) is 5.32 Å². The first-order chi connectivity index (χ1) is 12.6. The second kappa shape index (κ2) is 6.90. The largest absolute Gasteiger partial charge is 0.325 e. The van der Waals surface area contributed by atoms with Crippen molar-refractivity contribution in [3.05, 3.63) is 88.2 Å². The molecule has 26 heavy (non-hydrogen) atoms. The third kappa shape index (κ3) is 3.09. The SMILES string of the molecule is O=C1Nc2ccccc2C1C(=Nc1ccc(Cl)c(Cl)c1)c1cccnc1. The Balaban J connectivity index is 1.88. The van der Waals surface area contributed by atoms with Crippen LogP contribution in [0.25, 0.3) is 0 Å². The van der Waals surface area contributed by atoms with Crippen molar-refractivity contribution < 1.29 is 4.79 Å². The molecule has 128 valence electrons. The van der Waals surface area contributed by atoms with Crippen molar-refractivity contribution in [2.24, 2.45) is 4.99 Å². The van der Waals surface area contributed by atoms with E-state index in [4.69, 9.17) is 28.2 Å². The number of rotatable bonds is 3. The molecule has 2 heterocycles. The Morgan fingerprint density at radius 1 is 1.04 bits per heavy atom. The van der Waals surface area contributed by atoms with Crippen LogP contribution in [0.2, 0.25) is 10.0 Å². The van der Waals surface area contributed by atoms with Gasteiger partial charge in [-0.1, -0.05) is 47.5 Å². The molecule has 0 saturated heterocycles. The molecule has 0 saturated carbocycles. The van der Waals surface area contributed by atoms with E-state index < -0.39 is 5.92 Å². The van der Waals surface area contributed by atoms with E-state index in [1.54, 1.807) is 30.6 Å². The molecule has 1 aromatic heterocycles. The zero-order chi connectivity index (χ0) is 18.1. The van der Waals surface area contributed by atoms with Crippen LogP contribution in [0.3, 0.4) is 0 Å². The Kier molecular flexibility index (Phi) is 4.45. The normalized spacial score (nSPS) is 16.3. The van der Waals surface area contributed by atoms with E-state index in [-0.39, 0.29) is 5.91 Å². The van der Waals surface area contributed by atoms with Gasteiger partial charge in [0.2, 0.25) is 5.91 Å². The summed E-state index contributed by atoms with van der Waals surface area (Å²) in [6, 6.07) is 16.4. The molecule has 1 aliphatic heterocycles. The number of aliphatic imine (C=N–C) groups is 1. The predicted molar refractivity (Wildman–Crippen MR) is 105 cm³/mol. The zero-order valence-corrected chi connectivity index (χ0v) is 15.0. The first-order valence-electron chi connectivity index (χ1n) is 7.97. The topological polar surface area (TPSA) is 54.4 Å². The number of pyridine rings is 1. The van der Waals surface area contributed by atoms with Gasteiger partial charge in [0, 0.05) is 23.6 Å². The summed E-state index contributed by atoms with van der Waals surface area (Å²) in [5.41, 5.74) is 3.69. The highest BCUT2D eigenvalue weighted by atomic mass is 35.5. The Morgan fingerprint density at radius 3 is 2.65 bits per heavy atom. The van der Waals surface area contributed by atoms with Gasteiger partial charge in [-0.15, -0.1) is 0 Å². The number of halogens is 2. The van der Waals surface area contributed by atoms with Crippen LogP contribution in [0.15, 0.2) is 72.0 Å². The van der Waals surface area contributed by atoms with Crippen molar-refractivity contribution in [1.29, 1.82) is 0 Å². The van der Waals surface area contributed by atoms with Crippen LogP contribution in [0.4, 0.5) is 11.4 Å². The highest BCUT2D eigenvalue weighted by molar-refractivity contribution is 6.42. The lowest BCUT2D eigenvalue weighted by molar-refractivity contribution is -0.115. The summed E-state index contributed by atoms with van der Waals surface area (Å²) in [6.07, 6.45) is 3.38. The lowest BCUT2D eigenvalue weighted by Gasteiger charge is -2.13. The first-order valence-corrected chi connectivity index (χ1v) is 8.73. The minimum Gasteiger partial charge on any atom is -0.325 e. The quantitative estimate of drug-likeness (QED) is 0.630. The second-order valence-electron chi connectivity index (χ2n) is 5.85. The van der Waals surface area contributed by atoms with Gasteiger partial charge < -0.3 is 5.32 Å². The maximum Gasteiger partial charge on any atom is 0.238 e. The highest BCUT2D eigenvalue weighted by Gasteiger charge is 2.35. The molecule has 1 atom stereocenters. The minimum atomic E-state index is -0.523. The lowest BCUT2D eigenvalue weighted by Crippen LogP contribution is -2.22. The van der Waals surface area contributed by atoms with Crippen LogP contribution < -0.4 is 5.32 Å². The molecule has 4 rings (SSSR count). The van der Waals surface area contributed by atoms with Crippen molar-refractivity contribution in [3.63, 3.8) is 0 Å². The third-order valence-corrected chi connectivity index (χ3v) is 4.91. The van der Waals surface area contributed by atoms with Gasteiger partial charge in [0.15, 0.2) is 0 Å². The summed E-state index contributed by atoms with van der Waals surface area (Å²) in [7, 11) is 0. The van der Waals surface area contributed by atoms with Gasteiger partial charge in [0.1, 0.15) is 5.92 Å². The van der Waals surface area contributed by atoms with E-state index in [9.17, 15) is 4.79 Å². The van der Waals surface area contributed by atoms with Gasteiger partial charge in [0.25, 0.3) is 0 Å². The molecule has 6 heteroatoms. The molecule has 0 bridgehead atoms. The van der Waals surface area contributed by atoms with E-state index in [2.05, 4.69) is 10.3 Å². The number of hydrogen-bond acceptors (Lipinski definition) is 3. The van der Waals surface area contributed by atoms with Crippen LogP contribution in [-0.4, -0.2) is 16.6 Å². The standard InChI is InChI=1S/C20H13Cl2N3O/c21-15-8-7-13(10-16(15)22)24-19(12-4-3-9-23-11-12)18-14-5-1-2-6-17(14)25-20(18)26/h1-11,18H,(H,25,26). The van der Waals surface area contributed by atoms with Gasteiger partial charge in [0.05, 0.1) is 21.4 Å². The second-order valence-corrected chi connectivity index (χ2v) is 6.66. The molecule has 4 nitrogen and oxygen atoms in total. The molecule has 1 N–H and O–H groups in total. The third-order valence-electron chi connectivity index (χ3n) is 4.18. The predicted octanol–water partition coefficient (Wildman–Crippen LogP) is 5.25. The van der Waals surface area contributed by atoms with Crippen LogP contribution in [0.1, 0.15) is 17.0 Å². The maximum atomic E-state index is 12.7. The highest BCUT2D eigenvalue weighted by Crippen LogP contribution is 2.36. The monoisotopic (exact) mass is 381 g/mol. The molecule has 0 radical (unpaired) electrons. The molecular weight excluding hydrogens is 369 g/mol. The summed E-state index contributed by atoms with van der Waals surface area (Å²) >= 11 is 12.1. The molecule has 1 aliphatic rings. The number of nitrogens with zero attached hydrogens (tertiary/aromatic N) is 2. The maximum absolute atomic E-state index is 12.7. The molecule has 2 aromatic carbocycles. The van der Waals surface area contributed by atoms with Gasteiger partial charge in [-0.2, -0.15) is 0 Å². The average molecular weight is 382 g/mol. The molecule has 0 aliphatic carbocycles. The first kappa shape index (κ1) is 16.8. The fraction of sp³-hybridized carbons (Fsp3) is 0.0500. The number of hydrogen-bond donors (Lipinski definition) is 1. The molecular formula is C20H13Cl2N3O. The number of benzene rings is 2. The molecule has 3 aromatic rings. The number of carbonyl (C=O) groups excluding carboxylic acids is 1. The van der Waals surface area contributed by atoms with Crippen molar-refractivity contribution in [2.45, 2.75) is 5.92 Å². The van der Waals surface area contributed by atoms with E-state index in [0.717, 1.165) is 16.8 Å². The van der Waals surface area contributed by atoms with E-state index in [0.29, 0.717) is 21.4 Å². The molecule has 1 amide bonds. The average Bonchev–Trinajstić information content (AvgIpc) is 2.99. The Hall–Kier alpha value is -2.69. The van der Waals surface area contributed by atoms with Gasteiger partial charge >= 0.3 is 0 Å². The number of aromatic nitrogens is 1. The van der Waals surface area contributed by atoms with Crippen molar-refractivity contribution in [3.8, 4) is 0 Å². The van der Waals surface area contributed by atoms with Crippen LogP contribution >= 0.6 is 23.2 Å². The summed E-state index contributed by atoms with van der Waals surface area (Å²) in [4.78, 5) is 21.6.